The van der Waals surface area contributed by atoms with Crippen molar-refractivity contribution < 1.29 is 19.1 Å². The molecule has 0 unspecified atom stereocenters. The van der Waals surface area contributed by atoms with Crippen molar-refractivity contribution in [2.24, 2.45) is 5.10 Å². The van der Waals surface area contributed by atoms with Crippen LogP contribution in [0.2, 0.25) is 0 Å². The lowest BCUT2D eigenvalue weighted by Crippen LogP contribution is -2.32. The maximum Gasteiger partial charge on any atom is 0.343 e. The molecule has 0 spiro atoms. The third-order valence-electron chi connectivity index (χ3n) is 4.01. The monoisotopic (exact) mass is 479 g/mol. The van der Waals surface area contributed by atoms with Gasteiger partial charge >= 0.3 is 17.8 Å². The van der Waals surface area contributed by atoms with E-state index in [4.69, 9.17) is 4.74 Å². The second kappa shape index (κ2) is 10.3. The molecule has 3 rings (SSSR count). The molecule has 0 saturated heterocycles. The maximum atomic E-state index is 12.2. The highest BCUT2D eigenvalue weighted by Crippen LogP contribution is 2.16. The lowest BCUT2D eigenvalue weighted by molar-refractivity contribution is -0.136. The van der Waals surface area contributed by atoms with E-state index in [1.54, 1.807) is 60.7 Å². The van der Waals surface area contributed by atoms with E-state index in [-0.39, 0.29) is 0 Å². The second-order valence-corrected chi connectivity index (χ2v) is 7.41. The number of nitrogens with zero attached hydrogens (tertiary/aromatic N) is 1. The lowest BCUT2D eigenvalue weighted by Gasteiger charge is -2.05. The number of hydrogen-bond acceptors (Lipinski definition) is 5. The van der Waals surface area contributed by atoms with Crippen molar-refractivity contribution in [3.63, 3.8) is 0 Å². The zero-order valence-electron chi connectivity index (χ0n) is 16.5. The zero-order chi connectivity index (χ0) is 22.2. The normalized spacial score (nSPS) is 10.5. The van der Waals surface area contributed by atoms with Crippen LogP contribution in [0.5, 0.6) is 5.75 Å². The van der Waals surface area contributed by atoms with Crippen molar-refractivity contribution >= 4 is 45.6 Å². The van der Waals surface area contributed by atoms with Gasteiger partial charge in [0.05, 0.1) is 11.8 Å². The molecule has 2 N–H and O–H groups in total. The molecule has 0 atom stereocenters. The van der Waals surface area contributed by atoms with Crippen LogP contribution in [0.4, 0.5) is 5.69 Å². The van der Waals surface area contributed by atoms with Crippen LogP contribution in [0.25, 0.3) is 0 Å². The van der Waals surface area contributed by atoms with Crippen LogP contribution >= 0.6 is 15.9 Å². The first-order valence-electron chi connectivity index (χ1n) is 9.19. The number of esters is 1. The Hall–Kier alpha value is -3.78. The third-order valence-corrected chi connectivity index (χ3v) is 4.51. The van der Waals surface area contributed by atoms with Crippen molar-refractivity contribution in [1.29, 1.82) is 0 Å². The Kier molecular flexibility index (Phi) is 7.29. The topological polar surface area (TPSA) is 96.9 Å². The number of aryl methyl sites for hydroxylation is 1. The van der Waals surface area contributed by atoms with Gasteiger partial charge < -0.3 is 10.1 Å². The summed E-state index contributed by atoms with van der Waals surface area (Å²) in [5.41, 5.74) is 4.72. The Morgan fingerprint density at radius 2 is 1.68 bits per heavy atom. The van der Waals surface area contributed by atoms with Crippen molar-refractivity contribution in [2.75, 3.05) is 5.32 Å². The van der Waals surface area contributed by atoms with E-state index in [1.807, 2.05) is 19.1 Å². The number of nitrogens with one attached hydrogen (secondary N) is 2. The van der Waals surface area contributed by atoms with Crippen molar-refractivity contribution in [2.45, 2.75) is 6.92 Å². The van der Waals surface area contributed by atoms with Crippen molar-refractivity contribution in [1.82, 2.24) is 5.43 Å². The Balaban J connectivity index is 1.51. The van der Waals surface area contributed by atoms with Gasteiger partial charge in [-0.1, -0.05) is 34.1 Å². The fraction of sp³-hybridized carbons (Fsp3) is 0.0435. The second-order valence-electron chi connectivity index (χ2n) is 6.49. The fourth-order valence-electron chi connectivity index (χ4n) is 2.53. The maximum absolute atomic E-state index is 12.2. The molecule has 0 aromatic heterocycles. The van der Waals surface area contributed by atoms with Crippen LogP contribution < -0.4 is 15.5 Å². The number of rotatable bonds is 5. The van der Waals surface area contributed by atoms with Crippen LogP contribution in [0, 0.1) is 6.92 Å². The van der Waals surface area contributed by atoms with Gasteiger partial charge in [-0.15, -0.1) is 0 Å². The van der Waals surface area contributed by atoms with Gasteiger partial charge in [-0.3, -0.25) is 9.59 Å². The smallest absolute Gasteiger partial charge is 0.343 e. The minimum atomic E-state index is -0.891. The number of anilines is 1. The molecule has 2 amide bonds. The number of hydrogen-bond donors (Lipinski definition) is 2. The first-order valence-corrected chi connectivity index (χ1v) is 9.99. The molecule has 0 aliphatic heterocycles. The lowest BCUT2D eigenvalue weighted by atomic mass is 10.2. The van der Waals surface area contributed by atoms with E-state index < -0.39 is 17.8 Å². The summed E-state index contributed by atoms with van der Waals surface area (Å²) in [6.07, 6.45) is 1.37. The molecule has 0 aliphatic carbocycles. The number of ether oxygens (including phenoxy) is 1. The third kappa shape index (κ3) is 6.61. The summed E-state index contributed by atoms with van der Waals surface area (Å²) in [5.74, 6) is -1.83. The van der Waals surface area contributed by atoms with Crippen LogP contribution in [0.1, 0.15) is 21.5 Å². The fourth-order valence-corrected chi connectivity index (χ4v) is 2.93. The molecule has 0 saturated carbocycles. The SMILES string of the molecule is Cc1cccc(NC(=O)C(=O)N/N=C/c2ccc(OC(=O)c3cccc(Br)c3)cc2)c1. The predicted octanol–water partition coefficient (Wildman–Crippen LogP) is 4.07. The summed E-state index contributed by atoms with van der Waals surface area (Å²) in [6, 6.07) is 20.5. The minimum absolute atomic E-state index is 0.365. The van der Waals surface area contributed by atoms with Gasteiger partial charge in [-0.2, -0.15) is 5.10 Å². The molecule has 7 nitrogen and oxygen atoms in total. The van der Waals surface area contributed by atoms with Crippen molar-refractivity contribution in [3.8, 4) is 5.75 Å². The zero-order valence-corrected chi connectivity index (χ0v) is 18.0. The Morgan fingerprint density at radius 3 is 2.39 bits per heavy atom. The van der Waals surface area contributed by atoms with Gasteiger partial charge in [0.1, 0.15) is 5.75 Å². The number of halogens is 1. The molecule has 31 heavy (non-hydrogen) atoms. The molecule has 0 aliphatic rings. The molecule has 8 heteroatoms. The first kappa shape index (κ1) is 21.9. The van der Waals surface area contributed by atoms with E-state index in [1.165, 1.54) is 6.21 Å². The number of carbonyl (C=O) groups excluding carboxylic acids is 3. The van der Waals surface area contributed by atoms with E-state index in [0.717, 1.165) is 10.0 Å². The Labute approximate surface area is 187 Å². The van der Waals surface area contributed by atoms with Gasteiger partial charge in [0.2, 0.25) is 0 Å². The number of benzene rings is 3. The van der Waals surface area contributed by atoms with Gasteiger partial charge in [0.15, 0.2) is 0 Å². The average Bonchev–Trinajstić information content (AvgIpc) is 2.75. The van der Waals surface area contributed by atoms with E-state index in [9.17, 15) is 14.4 Å². The van der Waals surface area contributed by atoms with Crippen LogP contribution in [-0.4, -0.2) is 24.0 Å². The Bertz CT molecular complexity index is 1140. The highest BCUT2D eigenvalue weighted by molar-refractivity contribution is 9.10. The molecule has 0 bridgehead atoms. The van der Waals surface area contributed by atoms with Gasteiger partial charge in [-0.05, 0) is 72.6 Å². The summed E-state index contributed by atoms with van der Waals surface area (Å²) < 4.78 is 6.10. The van der Waals surface area contributed by atoms with E-state index >= 15 is 0 Å². The molecule has 0 heterocycles. The highest BCUT2D eigenvalue weighted by Gasteiger charge is 2.13. The molecule has 156 valence electrons. The summed E-state index contributed by atoms with van der Waals surface area (Å²) in [4.78, 5) is 35.9. The average molecular weight is 480 g/mol. The van der Waals surface area contributed by atoms with Crippen LogP contribution in [0.3, 0.4) is 0 Å². The molecule has 3 aromatic carbocycles. The predicted molar refractivity (Wildman–Crippen MR) is 121 cm³/mol. The summed E-state index contributed by atoms with van der Waals surface area (Å²) >= 11 is 3.31. The first-order chi connectivity index (χ1) is 14.9. The summed E-state index contributed by atoms with van der Waals surface area (Å²) in [6.45, 7) is 1.88. The summed E-state index contributed by atoms with van der Waals surface area (Å²) in [5, 5.41) is 6.27. The highest BCUT2D eigenvalue weighted by atomic mass is 79.9. The quantitative estimate of drug-likeness (QED) is 0.189. The van der Waals surface area contributed by atoms with E-state index in [0.29, 0.717) is 22.6 Å². The molecular weight excluding hydrogens is 462 g/mol. The number of hydrazone groups is 1. The standard InChI is InChI=1S/C23H18BrN3O4/c1-15-4-2-7-19(12-15)26-21(28)22(29)27-25-14-16-8-10-20(11-9-16)31-23(30)17-5-3-6-18(24)13-17/h2-14H,1H3,(H,26,28)(H,27,29)/b25-14+. The molecule has 0 radical (unpaired) electrons. The van der Waals surface area contributed by atoms with Crippen molar-refractivity contribution in [3.05, 3.63) is 94.0 Å². The minimum Gasteiger partial charge on any atom is -0.423 e. The van der Waals surface area contributed by atoms with Crippen LogP contribution in [0.15, 0.2) is 82.4 Å². The summed E-state index contributed by atoms with van der Waals surface area (Å²) in [7, 11) is 0. The van der Waals surface area contributed by atoms with Crippen LogP contribution in [-0.2, 0) is 9.59 Å². The van der Waals surface area contributed by atoms with Gasteiger partial charge in [0, 0.05) is 10.2 Å². The molecule has 3 aromatic rings. The largest absolute Gasteiger partial charge is 0.423 e. The molecular formula is C23H18BrN3O4. The van der Waals surface area contributed by atoms with Gasteiger partial charge in [-0.25, -0.2) is 10.2 Å². The van der Waals surface area contributed by atoms with Gasteiger partial charge in [0.25, 0.3) is 0 Å². The number of carbonyl (C=O) groups is 3. The molecule has 0 fully saturated rings. The Morgan fingerprint density at radius 1 is 0.935 bits per heavy atom. The van der Waals surface area contributed by atoms with E-state index in [2.05, 4.69) is 31.8 Å². The number of amides is 2.